The Morgan fingerprint density at radius 2 is 1.86 bits per heavy atom. The van der Waals surface area contributed by atoms with Crippen LogP contribution in [0.2, 0.25) is 0 Å². The fourth-order valence-electron chi connectivity index (χ4n) is 3.82. The highest BCUT2D eigenvalue weighted by molar-refractivity contribution is 5.78. The second-order valence-corrected chi connectivity index (χ2v) is 7.37. The molecule has 1 aromatic carbocycles. The number of imidazole rings is 1. The molecule has 0 bridgehead atoms. The monoisotopic (exact) mass is 396 g/mol. The molecule has 2 aliphatic heterocycles. The lowest BCUT2D eigenvalue weighted by Gasteiger charge is -2.34. The van der Waals surface area contributed by atoms with E-state index in [1.54, 1.807) is 16.7 Å². The van der Waals surface area contributed by atoms with Crippen LogP contribution in [-0.4, -0.2) is 58.1 Å². The first-order chi connectivity index (χ1) is 14.1. The number of pyridine rings is 1. The molecule has 2 aromatic heterocycles. The molecule has 3 aromatic rings. The van der Waals surface area contributed by atoms with Crippen molar-refractivity contribution in [3.63, 3.8) is 0 Å². The largest absolute Gasteiger partial charge is 0.454 e. The van der Waals surface area contributed by atoms with Crippen LogP contribution >= 0.6 is 0 Å². The third-order valence-electron chi connectivity index (χ3n) is 5.37. The quantitative estimate of drug-likeness (QED) is 0.676. The normalized spacial score (nSPS) is 16.5. The molecule has 0 radical (unpaired) electrons. The smallest absolute Gasteiger partial charge is 0.231 e. The van der Waals surface area contributed by atoms with E-state index >= 15 is 0 Å². The van der Waals surface area contributed by atoms with Crippen molar-refractivity contribution in [3.05, 3.63) is 59.8 Å². The summed E-state index contributed by atoms with van der Waals surface area (Å²) in [6, 6.07) is 8.99. The molecule has 0 atom stereocenters. The Balaban J connectivity index is 1.16. The summed E-state index contributed by atoms with van der Waals surface area (Å²) in [5, 5.41) is 0. The number of hydrogen-bond donors (Lipinski definition) is 0. The molecule has 2 aliphatic rings. The number of amides is 1. The van der Waals surface area contributed by atoms with E-state index in [9.17, 15) is 9.18 Å². The summed E-state index contributed by atoms with van der Waals surface area (Å²) in [5.41, 5.74) is 2.47. The van der Waals surface area contributed by atoms with E-state index in [2.05, 4.69) is 16.0 Å². The van der Waals surface area contributed by atoms with Gasteiger partial charge in [0.25, 0.3) is 0 Å². The van der Waals surface area contributed by atoms with Gasteiger partial charge in [-0.3, -0.25) is 9.69 Å². The molecule has 5 rings (SSSR count). The molecule has 7 nitrogen and oxygen atoms in total. The Morgan fingerprint density at radius 3 is 2.72 bits per heavy atom. The number of carbonyl (C=O) groups is 1. The Morgan fingerprint density at radius 1 is 1.03 bits per heavy atom. The molecule has 8 heteroatoms. The van der Waals surface area contributed by atoms with Crippen molar-refractivity contribution in [2.45, 2.75) is 13.0 Å². The van der Waals surface area contributed by atoms with E-state index in [1.165, 1.54) is 17.8 Å². The van der Waals surface area contributed by atoms with E-state index in [0.717, 1.165) is 31.1 Å². The van der Waals surface area contributed by atoms with Crippen molar-refractivity contribution < 1.29 is 18.7 Å². The van der Waals surface area contributed by atoms with Crippen LogP contribution in [0.3, 0.4) is 0 Å². The predicted octanol–water partition coefficient (Wildman–Crippen LogP) is 2.09. The average molecular weight is 396 g/mol. The van der Waals surface area contributed by atoms with Gasteiger partial charge in [0.05, 0.1) is 12.1 Å². The zero-order chi connectivity index (χ0) is 19.8. The van der Waals surface area contributed by atoms with E-state index in [1.807, 2.05) is 17.0 Å². The molecule has 4 heterocycles. The molecule has 1 fully saturated rings. The van der Waals surface area contributed by atoms with Gasteiger partial charge in [0.15, 0.2) is 11.5 Å². The molecule has 0 aliphatic carbocycles. The van der Waals surface area contributed by atoms with Gasteiger partial charge in [0, 0.05) is 45.1 Å². The molecule has 0 unspecified atom stereocenters. The maximum Gasteiger partial charge on any atom is 0.231 e. The molecule has 29 heavy (non-hydrogen) atoms. The lowest BCUT2D eigenvalue weighted by molar-refractivity contribution is -0.132. The Labute approximate surface area is 167 Å². The first-order valence-electron chi connectivity index (χ1n) is 9.66. The number of nitrogens with zero attached hydrogens (tertiary/aromatic N) is 4. The predicted molar refractivity (Wildman–Crippen MR) is 103 cm³/mol. The van der Waals surface area contributed by atoms with Gasteiger partial charge >= 0.3 is 0 Å². The third-order valence-corrected chi connectivity index (χ3v) is 5.37. The topological polar surface area (TPSA) is 59.3 Å². The van der Waals surface area contributed by atoms with Crippen molar-refractivity contribution in [2.75, 3.05) is 33.0 Å². The molecule has 0 saturated carbocycles. The Bertz CT molecular complexity index is 1060. The van der Waals surface area contributed by atoms with Crippen molar-refractivity contribution in [2.24, 2.45) is 0 Å². The highest BCUT2D eigenvalue weighted by atomic mass is 19.1. The summed E-state index contributed by atoms with van der Waals surface area (Å²) in [5.74, 6) is 1.31. The molecule has 0 spiro atoms. The fraction of sp³-hybridized carbons (Fsp3) is 0.333. The van der Waals surface area contributed by atoms with Crippen LogP contribution in [0.1, 0.15) is 11.3 Å². The van der Waals surface area contributed by atoms with Crippen molar-refractivity contribution in [1.82, 2.24) is 19.2 Å². The average Bonchev–Trinajstić information content (AvgIpc) is 3.34. The minimum absolute atomic E-state index is 0.0524. The standard InChI is InChI=1S/C21H21FN4O3/c22-16-2-4-20-23-17(13-26(20)12-16)10-21(27)25-7-5-24(6-8-25)11-15-1-3-18-19(9-15)29-14-28-18/h1-4,9,12-13H,5-8,10-11,14H2. The maximum absolute atomic E-state index is 13.3. The number of aromatic nitrogens is 2. The molecule has 1 amide bonds. The summed E-state index contributed by atoms with van der Waals surface area (Å²) >= 11 is 0. The minimum Gasteiger partial charge on any atom is -0.454 e. The number of hydrogen-bond acceptors (Lipinski definition) is 5. The van der Waals surface area contributed by atoms with E-state index < -0.39 is 0 Å². The maximum atomic E-state index is 13.3. The lowest BCUT2D eigenvalue weighted by Crippen LogP contribution is -2.48. The summed E-state index contributed by atoms with van der Waals surface area (Å²) in [4.78, 5) is 21.3. The second-order valence-electron chi connectivity index (χ2n) is 7.37. The van der Waals surface area contributed by atoms with E-state index in [4.69, 9.17) is 9.47 Å². The van der Waals surface area contributed by atoms with Crippen molar-refractivity contribution in [3.8, 4) is 11.5 Å². The second kappa shape index (κ2) is 7.36. The first-order valence-corrected chi connectivity index (χ1v) is 9.66. The van der Waals surface area contributed by atoms with Crippen LogP contribution in [0, 0.1) is 5.82 Å². The van der Waals surface area contributed by atoms with Crippen LogP contribution in [0.5, 0.6) is 11.5 Å². The SMILES string of the molecule is O=C(Cc1cn2cc(F)ccc2n1)N1CCN(Cc2ccc3c(c2)OCO3)CC1. The van der Waals surface area contributed by atoms with Crippen molar-refractivity contribution in [1.29, 1.82) is 0 Å². The minimum atomic E-state index is -0.327. The molecule has 0 N–H and O–H groups in total. The number of rotatable bonds is 4. The zero-order valence-electron chi connectivity index (χ0n) is 15.9. The van der Waals surface area contributed by atoms with Gasteiger partial charge in [-0.05, 0) is 29.8 Å². The van der Waals surface area contributed by atoms with Crippen LogP contribution in [0.15, 0.2) is 42.7 Å². The number of benzene rings is 1. The highest BCUT2D eigenvalue weighted by Gasteiger charge is 2.22. The van der Waals surface area contributed by atoms with Gasteiger partial charge < -0.3 is 18.8 Å². The fourth-order valence-corrected chi connectivity index (χ4v) is 3.82. The lowest BCUT2D eigenvalue weighted by atomic mass is 10.1. The Kier molecular flexibility index (Phi) is 4.55. The Hall–Kier alpha value is -3.13. The summed E-state index contributed by atoms with van der Waals surface area (Å²) in [6.45, 7) is 4.10. The summed E-state index contributed by atoms with van der Waals surface area (Å²) < 4.78 is 25.7. The van der Waals surface area contributed by atoms with Gasteiger partial charge in [0.1, 0.15) is 11.5 Å². The summed E-state index contributed by atoms with van der Waals surface area (Å²) in [6.07, 6.45) is 3.31. The molecular formula is C21H21FN4O3. The number of fused-ring (bicyclic) bond motifs is 2. The van der Waals surface area contributed by atoms with Gasteiger partial charge in [-0.2, -0.15) is 0 Å². The first kappa shape index (κ1) is 17.9. The zero-order valence-corrected chi connectivity index (χ0v) is 15.9. The number of carbonyl (C=O) groups excluding carboxylic acids is 1. The summed E-state index contributed by atoms with van der Waals surface area (Å²) in [7, 11) is 0. The molecular weight excluding hydrogens is 375 g/mol. The van der Waals surface area contributed by atoms with E-state index in [-0.39, 0.29) is 24.9 Å². The van der Waals surface area contributed by atoms with Crippen LogP contribution in [-0.2, 0) is 17.8 Å². The van der Waals surface area contributed by atoms with Gasteiger partial charge in [-0.15, -0.1) is 0 Å². The van der Waals surface area contributed by atoms with Gasteiger partial charge in [0.2, 0.25) is 12.7 Å². The number of ether oxygens (including phenoxy) is 2. The number of halogens is 1. The van der Waals surface area contributed by atoms with Crippen molar-refractivity contribution >= 4 is 11.6 Å². The van der Waals surface area contributed by atoms with Crippen LogP contribution in [0.4, 0.5) is 4.39 Å². The molecule has 150 valence electrons. The van der Waals surface area contributed by atoms with E-state index in [0.29, 0.717) is 24.4 Å². The number of piperazine rings is 1. The van der Waals surface area contributed by atoms with Gasteiger partial charge in [-0.1, -0.05) is 6.07 Å². The molecule has 1 saturated heterocycles. The van der Waals surface area contributed by atoms with Crippen LogP contribution < -0.4 is 9.47 Å². The third kappa shape index (κ3) is 3.75. The van der Waals surface area contributed by atoms with Gasteiger partial charge in [-0.25, -0.2) is 9.37 Å². The highest BCUT2D eigenvalue weighted by Crippen LogP contribution is 2.32. The van der Waals surface area contributed by atoms with Crippen LogP contribution in [0.25, 0.3) is 5.65 Å².